The van der Waals surface area contributed by atoms with Crippen LogP contribution < -0.4 is 0 Å². The minimum atomic E-state index is -1.19. The number of hydrogen-bond donors (Lipinski definition) is 1. The molecule has 0 aliphatic rings. The monoisotopic (exact) mass is 376 g/mol. The third kappa shape index (κ3) is 3.68. The van der Waals surface area contributed by atoms with Crippen molar-refractivity contribution in [1.29, 1.82) is 0 Å². The molecule has 1 rings (SSSR count). The zero-order valence-electron chi connectivity index (χ0n) is 9.50. The topological polar surface area (TPSA) is 63.6 Å². The number of esters is 1. The van der Waals surface area contributed by atoms with Gasteiger partial charge in [-0.05, 0) is 56.5 Å². The van der Waals surface area contributed by atoms with Crippen LogP contribution in [0.3, 0.4) is 0 Å². The molecule has 1 aromatic carbocycles. The van der Waals surface area contributed by atoms with E-state index in [1.54, 1.807) is 6.92 Å². The molecule has 0 heterocycles. The number of benzene rings is 1. The summed E-state index contributed by atoms with van der Waals surface area (Å²) in [4.78, 5) is 22.8. The number of carboxylic acid groups (broad SMARTS) is 1. The summed E-state index contributed by atoms with van der Waals surface area (Å²) >= 11 is 6.40. The third-order valence-electron chi connectivity index (χ3n) is 1.96. The first kappa shape index (κ1) is 14.9. The van der Waals surface area contributed by atoms with Crippen LogP contribution in [0.15, 0.2) is 33.2 Å². The molecular formula is C12H10Br2O4. The van der Waals surface area contributed by atoms with Crippen LogP contribution in [0.2, 0.25) is 0 Å². The number of carbonyl (C=O) groups is 2. The molecule has 0 unspecified atom stereocenters. The minimum absolute atomic E-state index is 0.00109. The summed E-state index contributed by atoms with van der Waals surface area (Å²) in [5.74, 6) is -1.88. The molecule has 96 valence electrons. The highest BCUT2D eigenvalue weighted by Crippen LogP contribution is 2.27. The summed E-state index contributed by atoms with van der Waals surface area (Å²) in [7, 11) is 0. The lowest BCUT2D eigenvalue weighted by atomic mass is 10.1. The van der Waals surface area contributed by atoms with Gasteiger partial charge in [0.1, 0.15) is 6.61 Å². The Labute approximate surface area is 121 Å². The summed E-state index contributed by atoms with van der Waals surface area (Å²) in [6.45, 7) is 5.37. The van der Waals surface area contributed by atoms with Gasteiger partial charge in [0, 0.05) is 8.95 Å². The van der Waals surface area contributed by atoms with Crippen molar-refractivity contribution < 1.29 is 19.4 Å². The molecular weight excluding hydrogens is 368 g/mol. The van der Waals surface area contributed by atoms with Crippen LogP contribution in [0, 0.1) is 0 Å². The first-order valence-electron chi connectivity index (χ1n) is 4.86. The fourth-order valence-electron chi connectivity index (χ4n) is 1.16. The van der Waals surface area contributed by atoms with Gasteiger partial charge in [0.2, 0.25) is 0 Å². The minimum Gasteiger partial charge on any atom is -0.478 e. The summed E-state index contributed by atoms with van der Waals surface area (Å²) in [6, 6.07) is 2.76. The molecule has 0 amide bonds. The molecule has 1 aromatic rings. The van der Waals surface area contributed by atoms with Crippen LogP contribution in [-0.4, -0.2) is 23.7 Å². The highest BCUT2D eigenvalue weighted by Gasteiger charge is 2.20. The average Bonchev–Trinajstić information content (AvgIpc) is 2.28. The van der Waals surface area contributed by atoms with Crippen LogP contribution in [0.25, 0.3) is 0 Å². The van der Waals surface area contributed by atoms with Gasteiger partial charge in [0.15, 0.2) is 0 Å². The van der Waals surface area contributed by atoms with Gasteiger partial charge in [-0.2, -0.15) is 0 Å². The molecule has 0 radical (unpaired) electrons. The van der Waals surface area contributed by atoms with E-state index >= 15 is 0 Å². The number of rotatable bonds is 4. The number of ether oxygens (including phenoxy) is 1. The van der Waals surface area contributed by atoms with Gasteiger partial charge in [0.25, 0.3) is 0 Å². The lowest BCUT2D eigenvalue weighted by Crippen LogP contribution is -2.13. The predicted molar refractivity (Wildman–Crippen MR) is 73.9 cm³/mol. The van der Waals surface area contributed by atoms with E-state index in [2.05, 4.69) is 38.4 Å². The van der Waals surface area contributed by atoms with Gasteiger partial charge in [-0.3, -0.25) is 0 Å². The van der Waals surface area contributed by atoms with Crippen LogP contribution in [0.5, 0.6) is 0 Å². The number of hydrogen-bond acceptors (Lipinski definition) is 3. The largest absolute Gasteiger partial charge is 0.478 e. The molecule has 1 N–H and O–H groups in total. The van der Waals surface area contributed by atoms with Crippen LogP contribution in [-0.2, 0) is 4.74 Å². The Hall–Kier alpha value is -1.14. The fourth-order valence-corrected chi connectivity index (χ4v) is 1.85. The summed E-state index contributed by atoms with van der Waals surface area (Å²) in [5.41, 5.74) is 0.562. The van der Waals surface area contributed by atoms with E-state index in [0.717, 1.165) is 0 Å². The Morgan fingerprint density at radius 2 is 1.78 bits per heavy atom. The zero-order valence-corrected chi connectivity index (χ0v) is 12.7. The SMILES string of the molecule is C=C(C)COC(=O)c1cc(Br)c(Br)cc1C(=O)O. The van der Waals surface area contributed by atoms with Gasteiger partial charge < -0.3 is 9.84 Å². The molecule has 0 saturated heterocycles. The van der Waals surface area contributed by atoms with Crippen molar-refractivity contribution in [1.82, 2.24) is 0 Å². The number of aromatic carboxylic acids is 1. The predicted octanol–water partition coefficient (Wildman–Crippen LogP) is 3.64. The highest BCUT2D eigenvalue weighted by molar-refractivity contribution is 9.13. The average molecular weight is 378 g/mol. The third-order valence-corrected chi connectivity index (χ3v) is 3.80. The standard InChI is InChI=1S/C12H10Br2O4/c1-6(2)5-18-12(17)8-4-10(14)9(13)3-7(8)11(15)16/h3-4H,1,5H2,2H3,(H,15,16). The van der Waals surface area contributed by atoms with Crippen molar-refractivity contribution >= 4 is 43.8 Å². The Morgan fingerprint density at radius 3 is 2.22 bits per heavy atom. The van der Waals surface area contributed by atoms with Gasteiger partial charge in [0.05, 0.1) is 11.1 Å². The molecule has 4 nitrogen and oxygen atoms in total. The molecule has 0 bridgehead atoms. The van der Waals surface area contributed by atoms with E-state index in [1.807, 2.05) is 0 Å². The molecule has 0 saturated carbocycles. The first-order valence-corrected chi connectivity index (χ1v) is 6.45. The Kier molecular flexibility index (Phi) is 5.10. The second-order valence-electron chi connectivity index (χ2n) is 3.65. The van der Waals surface area contributed by atoms with E-state index in [-0.39, 0.29) is 17.7 Å². The van der Waals surface area contributed by atoms with Crippen molar-refractivity contribution in [3.05, 3.63) is 44.4 Å². The maximum absolute atomic E-state index is 11.8. The molecule has 0 aliphatic heterocycles. The number of carbonyl (C=O) groups excluding carboxylic acids is 1. The van der Waals surface area contributed by atoms with Crippen molar-refractivity contribution in [3.8, 4) is 0 Å². The quantitative estimate of drug-likeness (QED) is 0.642. The highest BCUT2D eigenvalue weighted by atomic mass is 79.9. The molecule has 0 spiro atoms. The Morgan fingerprint density at radius 1 is 1.28 bits per heavy atom. The van der Waals surface area contributed by atoms with Crippen molar-refractivity contribution in [2.45, 2.75) is 6.92 Å². The Bertz CT molecular complexity index is 523. The zero-order chi connectivity index (χ0) is 13.9. The van der Waals surface area contributed by atoms with Crippen LogP contribution >= 0.6 is 31.9 Å². The molecule has 0 aromatic heterocycles. The lowest BCUT2D eigenvalue weighted by molar-refractivity contribution is 0.0528. The van der Waals surface area contributed by atoms with Gasteiger partial charge >= 0.3 is 11.9 Å². The normalized spacial score (nSPS) is 9.94. The maximum atomic E-state index is 11.8. The molecule has 6 heteroatoms. The van der Waals surface area contributed by atoms with Crippen LogP contribution in [0.4, 0.5) is 0 Å². The van der Waals surface area contributed by atoms with E-state index in [1.165, 1.54) is 12.1 Å². The maximum Gasteiger partial charge on any atom is 0.339 e. The summed E-state index contributed by atoms with van der Waals surface area (Å²) in [5, 5.41) is 9.05. The molecule has 0 atom stereocenters. The smallest absolute Gasteiger partial charge is 0.339 e. The van der Waals surface area contributed by atoms with Gasteiger partial charge in [-0.25, -0.2) is 9.59 Å². The van der Waals surface area contributed by atoms with E-state index in [9.17, 15) is 9.59 Å². The summed E-state index contributed by atoms with van der Waals surface area (Å²) in [6.07, 6.45) is 0. The van der Waals surface area contributed by atoms with E-state index < -0.39 is 11.9 Å². The molecule has 0 aliphatic carbocycles. The van der Waals surface area contributed by atoms with Gasteiger partial charge in [-0.1, -0.05) is 6.58 Å². The molecule has 18 heavy (non-hydrogen) atoms. The van der Waals surface area contributed by atoms with E-state index in [0.29, 0.717) is 14.5 Å². The number of carboxylic acids is 1. The van der Waals surface area contributed by atoms with Gasteiger partial charge in [-0.15, -0.1) is 0 Å². The lowest BCUT2D eigenvalue weighted by Gasteiger charge is -2.08. The Balaban J connectivity index is 3.13. The number of halogens is 2. The van der Waals surface area contributed by atoms with Crippen molar-refractivity contribution in [3.63, 3.8) is 0 Å². The first-order chi connectivity index (χ1) is 8.32. The van der Waals surface area contributed by atoms with Crippen molar-refractivity contribution in [2.24, 2.45) is 0 Å². The second-order valence-corrected chi connectivity index (χ2v) is 5.36. The molecule has 0 fully saturated rings. The second kappa shape index (κ2) is 6.15. The van der Waals surface area contributed by atoms with Crippen molar-refractivity contribution in [2.75, 3.05) is 6.61 Å². The van der Waals surface area contributed by atoms with E-state index in [4.69, 9.17) is 9.84 Å². The fraction of sp³-hybridized carbons (Fsp3) is 0.167. The van der Waals surface area contributed by atoms with Crippen LogP contribution in [0.1, 0.15) is 27.6 Å². The summed E-state index contributed by atoms with van der Waals surface area (Å²) < 4.78 is 6.07.